The molecule has 41 heavy (non-hydrogen) atoms. The van der Waals surface area contributed by atoms with E-state index in [2.05, 4.69) is 0 Å². The van der Waals surface area contributed by atoms with Crippen LogP contribution in [0.5, 0.6) is 17.2 Å². The summed E-state index contributed by atoms with van der Waals surface area (Å²) >= 11 is 0. The summed E-state index contributed by atoms with van der Waals surface area (Å²) in [6, 6.07) is 9.04. The normalized spacial score (nSPS) is 21.3. The summed E-state index contributed by atoms with van der Waals surface area (Å²) < 4.78 is 94.8. The third-order valence-corrected chi connectivity index (χ3v) is 7.68. The van der Waals surface area contributed by atoms with Crippen LogP contribution in [-0.4, -0.2) is 37.0 Å². The maximum atomic E-state index is 15.0. The lowest BCUT2D eigenvalue weighted by Crippen LogP contribution is -2.17. The summed E-state index contributed by atoms with van der Waals surface area (Å²) in [6.45, 7) is 0.794. The quantitative estimate of drug-likeness (QED) is 0.311. The van der Waals surface area contributed by atoms with Gasteiger partial charge in [-0.2, -0.15) is 13.2 Å². The number of carboxylic acids is 1. The van der Waals surface area contributed by atoms with Crippen molar-refractivity contribution >= 4 is 5.97 Å². The highest BCUT2D eigenvalue weighted by Gasteiger charge is 2.39. The second-order valence-electron chi connectivity index (χ2n) is 10.4. The monoisotopic (exact) mass is 576 g/mol. The minimum Gasteiger partial charge on any atom is -0.492 e. The smallest absolute Gasteiger partial charge is 0.417 e. The number of halogens is 5. The fourth-order valence-corrected chi connectivity index (χ4v) is 5.82. The number of carboxylic acid groups (broad SMARTS) is 1. The van der Waals surface area contributed by atoms with Gasteiger partial charge in [-0.15, -0.1) is 0 Å². The molecule has 1 fully saturated rings. The van der Waals surface area contributed by atoms with E-state index in [4.69, 9.17) is 24.1 Å². The summed E-state index contributed by atoms with van der Waals surface area (Å²) in [5.41, 5.74) is 0.0195. The van der Waals surface area contributed by atoms with Crippen LogP contribution in [-0.2, 0) is 22.1 Å². The van der Waals surface area contributed by atoms with Gasteiger partial charge in [-0.25, -0.2) is 8.78 Å². The fraction of sp³-hybridized carbons (Fsp3) is 0.367. The number of alkyl halides is 3. The number of aliphatic carboxylic acids is 1. The fourth-order valence-electron chi connectivity index (χ4n) is 5.82. The third kappa shape index (κ3) is 5.30. The second-order valence-corrected chi connectivity index (χ2v) is 10.4. The van der Waals surface area contributed by atoms with Crippen LogP contribution in [0, 0.1) is 11.6 Å². The Labute approximate surface area is 231 Å². The molecule has 2 unspecified atom stereocenters. The summed E-state index contributed by atoms with van der Waals surface area (Å²) in [7, 11) is 0. The Bertz CT molecular complexity index is 1470. The molecule has 3 aliphatic rings. The van der Waals surface area contributed by atoms with Gasteiger partial charge in [0.05, 0.1) is 31.8 Å². The third-order valence-electron chi connectivity index (χ3n) is 7.68. The lowest BCUT2D eigenvalue weighted by molar-refractivity contribution is -0.138. The van der Waals surface area contributed by atoms with Gasteiger partial charge in [-0.1, -0.05) is 12.1 Å². The molecular weight excluding hydrogens is 551 g/mol. The molecule has 0 spiro atoms. The van der Waals surface area contributed by atoms with Crippen LogP contribution in [0.3, 0.4) is 0 Å². The molecule has 1 saturated heterocycles. The van der Waals surface area contributed by atoms with Crippen LogP contribution in [0.25, 0.3) is 11.1 Å². The van der Waals surface area contributed by atoms with Gasteiger partial charge >= 0.3 is 12.1 Å². The summed E-state index contributed by atoms with van der Waals surface area (Å²) in [5, 5.41) is 9.11. The highest BCUT2D eigenvalue weighted by atomic mass is 19.4. The number of carbonyl (C=O) groups is 1. The van der Waals surface area contributed by atoms with Crippen molar-refractivity contribution in [2.75, 3.05) is 19.8 Å². The summed E-state index contributed by atoms with van der Waals surface area (Å²) in [4.78, 5) is 11.1. The summed E-state index contributed by atoms with van der Waals surface area (Å²) in [5.74, 6) is -3.14. The zero-order valence-corrected chi connectivity index (χ0v) is 21.6. The molecule has 216 valence electrons. The molecule has 0 aromatic heterocycles. The second kappa shape index (κ2) is 10.5. The van der Waals surface area contributed by atoms with E-state index in [1.165, 1.54) is 6.07 Å². The molecule has 1 aliphatic carbocycles. The van der Waals surface area contributed by atoms with E-state index in [1.54, 1.807) is 18.2 Å². The van der Waals surface area contributed by atoms with Crippen molar-refractivity contribution in [1.29, 1.82) is 0 Å². The molecule has 0 amide bonds. The molecule has 3 aromatic rings. The van der Waals surface area contributed by atoms with Crippen LogP contribution in [0.2, 0.25) is 0 Å². The molecule has 3 aromatic carbocycles. The van der Waals surface area contributed by atoms with E-state index >= 15 is 8.78 Å². The number of ether oxygens (including phenoxy) is 4. The molecule has 1 N–H and O–H groups in total. The zero-order chi connectivity index (χ0) is 28.9. The largest absolute Gasteiger partial charge is 0.492 e. The van der Waals surface area contributed by atoms with E-state index in [9.17, 15) is 18.0 Å². The van der Waals surface area contributed by atoms with Crippen molar-refractivity contribution in [1.82, 2.24) is 0 Å². The van der Waals surface area contributed by atoms with Crippen molar-refractivity contribution in [2.45, 2.75) is 50.0 Å². The van der Waals surface area contributed by atoms with Crippen LogP contribution >= 0.6 is 0 Å². The lowest BCUT2D eigenvalue weighted by Gasteiger charge is -2.20. The molecule has 2 heterocycles. The highest BCUT2D eigenvalue weighted by Crippen LogP contribution is 2.48. The first-order chi connectivity index (χ1) is 19.6. The van der Waals surface area contributed by atoms with Crippen molar-refractivity contribution in [3.8, 4) is 28.4 Å². The Hall–Kier alpha value is -3.86. The molecular formula is C30H25F5O6. The van der Waals surface area contributed by atoms with E-state index < -0.39 is 47.3 Å². The number of benzene rings is 3. The van der Waals surface area contributed by atoms with E-state index in [0.29, 0.717) is 42.1 Å². The van der Waals surface area contributed by atoms with E-state index in [1.807, 2.05) is 0 Å². The predicted molar refractivity (Wildman–Crippen MR) is 135 cm³/mol. The Morgan fingerprint density at radius 3 is 2.41 bits per heavy atom. The van der Waals surface area contributed by atoms with Gasteiger partial charge in [0.15, 0.2) is 17.4 Å². The minimum absolute atomic E-state index is 0.0726. The molecule has 0 saturated carbocycles. The SMILES string of the molecule is O=C(O)CC1COc2cc(O[C@@H]3CCc4c3ccc(C(F)(F)F)c4-c3cc(F)c(OC4CCOC4)c(F)c3)ccc21. The van der Waals surface area contributed by atoms with Gasteiger partial charge in [0, 0.05) is 24.0 Å². The molecule has 11 heteroatoms. The highest BCUT2D eigenvalue weighted by molar-refractivity contribution is 5.75. The Balaban J connectivity index is 1.32. The zero-order valence-electron chi connectivity index (χ0n) is 21.6. The minimum atomic E-state index is -4.77. The lowest BCUT2D eigenvalue weighted by atomic mass is 9.91. The van der Waals surface area contributed by atoms with Gasteiger partial charge in [0.25, 0.3) is 0 Å². The molecule has 0 radical (unpaired) electrons. The van der Waals surface area contributed by atoms with E-state index in [-0.39, 0.29) is 43.1 Å². The maximum Gasteiger partial charge on any atom is 0.417 e. The Morgan fingerprint density at radius 1 is 0.976 bits per heavy atom. The number of fused-ring (bicyclic) bond motifs is 2. The number of hydrogen-bond donors (Lipinski definition) is 1. The molecule has 0 bridgehead atoms. The van der Waals surface area contributed by atoms with Crippen molar-refractivity contribution in [3.05, 3.63) is 76.4 Å². The Morgan fingerprint density at radius 2 is 1.73 bits per heavy atom. The topological polar surface area (TPSA) is 74.2 Å². The first-order valence-corrected chi connectivity index (χ1v) is 13.2. The predicted octanol–water partition coefficient (Wildman–Crippen LogP) is 6.84. The van der Waals surface area contributed by atoms with Gasteiger partial charge in [-0.3, -0.25) is 4.79 Å². The average molecular weight is 577 g/mol. The summed E-state index contributed by atoms with van der Waals surface area (Å²) in [6.07, 6.45) is -5.00. The average Bonchev–Trinajstić information content (AvgIpc) is 3.66. The van der Waals surface area contributed by atoms with Crippen molar-refractivity contribution in [2.24, 2.45) is 0 Å². The Kier molecular flexibility index (Phi) is 7.01. The number of rotatable bonds is 7. The standard InChI is InChI=1S/C30H25F5O6/c31-23-9-15(10-24(32)29(23)41-18-7-8-38-14-18)28-21-4-6-25(20(21)3-5-22(28)30(33,34)35)40-17-1-2-19-16(11-27(36)37)13-39-26(19)12-17/h1-3,5,9-10,12,16,18,25H,4,6-8,11,13-14H2,(H,36,37)/t16?,18?,25-/m1/s1. The molecule has 6 nitrogen and oxygen atoms in total. The molecule has 2 aliphatic heterocycles. The first kappa shape index (κ1) is 27.3. The van der Waals surface area contributed by atoms with Crippen molar-refractivity contribution in [3.63, 3.8) is 0 Å². The van der Waals surface area contributed by atoms with E-state index in [0.717, 1.165) is 23.8 Å². The van der Waals surface area contributed by atoms with Crippen LogP contribution in [0.15, 0.2) is 42.5 Å². The maximum absolute atomic E-state index is 15.0. The first-order valence-electron chi connectivity index (χ1n) is 13.2. The van der Waals surface area contributed by atoms with Gasteiger partial charge < -0.3 is 24.1 Å². The number of hydrogen-bond acceptors (Lipinski definition) is 5. The van der Waals surface area contributed by atoms with Crippen LogP contribution < -0.4 is 14.2 Å². The van der Waals surface area contributed by atoms with Crippen LogP contribution in [0.4, 0.5) is 22.0 Å². The van der Waals surface area contributed by atoms with Gasteiger partial charge in [0.2, 0.25) is 0 Å². The van der Waals surface area contributed by atoms with Gasteiger partial charge in [0.1, 0.15) is 23.7 Å². The van der Waals surface area contributed by atoms with Gasteiger partial charge in [-0.05, 0) is 59.4 Å². The van der Waals surface area contributed by atoms with Crippen LogP contribution in [0.1, 0.15) is 53.5 Å². The van der Waals surface area contributed by atoms with Crippen molar-refractivity contribution < 1.29 is 50.8 Å². The molecule has 6 rings (SSSR count). The molecule has 3 atom stereocenters.